The maximum atomic E-state index is 12.8. The first-order valence-electron chi connectivity index (χ1n) is 10.6. The van der Waals surface area contributed by atoms with Crippen molar-refractivity contribution in [1.82, 2.24) is 15.1 Å². The lowest BCUT2D eigenvalue weighted by atomic mass is 10.1. The van der Waals surface area contributed by atoms with Crippen LogP contribution in [0.15, 0.2) is 41.8 Å². The highest BCUT2D eigenvalue weighted by atomic mass is 32.1. The number of ether oxygens (including phenoxy) is 1. The van der Waals surface area contributed by atoms with Crippen LogP contribution in [0.1, 0.15) is 22.4 Å². The van der Waals surface area contributed by atoms with Crippen molar-refractivity contribution < 1.29 is 14.3 Å². The third-order valence-electron chi connectivity index (χ3n) is 5.70. The largest absolute Gasteiger partial charge is 0.375 e. The summed E-state index contributed by atoms with van der Waals surface area (Å²) in [5.74, 6) is -0.311. The quantitative estimate of drug-likeness (QED) is 0.583. The average molecular weight is 445 g/mol. The number of carbonyl (C=O) groups excluding carboxylic acids is 2. The van der Waals surface area contributed by atoms with Crippen molar-refractivity contribution in [3.63, 3.8) is 0 Å². The van der Waals surface area contributed by atoms with E-state index in [-0.39, 0.29) is 24.5 Å². The van der Waals surface area contributed by atoms with Crippen LogP contribution in [-0.2, 0) is 27.4 Å². The van der Waals surface area contributed by atoms with E-state index in [0.717, 1.165) is 13.1 Å². The molecule has 1 aromatic heterocycles. The summed E-state index contributed by atoms with van der Waals surface area (Å²) >= 11 is 1.72. The summed E-state index contributed by atoms with van der Waals surface area (Å²) in [7, 11) is 1.50. The third-order valence-corrected chi connectivity index (χ3v) is 6.56. The highest BCUT2D eigenvalue weighted by Crippen LogP contribution is 2.27. The molecule has 2 unspecified atom stereocenters. The molecule has 1 aliphatic rings. The van der Waals surface area contributed by atoms with Gasteiger partial charge in [0.25, 0.3) is 0 Å². The lowest BCUT2D eigenvalue weighted by Crippen LogP contribution is -2.48. The first-order valence-corrected chi connectivity index (χ1v) is 11.5. The molecule has 1 aromatic carbocycles. The van der Waals surface area contributed by atoms with Crippen molar-refractivity contribution in [2.45, 2.75) is 38.5 Å². The van der Waals surface area contributed by atoms with Gasteiger partial charge in [-0.1, -0.05) is 30.3 Å². The second-order valence-corrected chi connectivity index (χ2v) is 8.91. The minimum Gasteiger partial charge on any atom is -0.375 e. The third kappa shape index (κ3) is 6.13. The van der Waals surface area contributed by atoms with E-state index < -0.39 is 6.04 Å². The highest BCUT2D eigenvalue weighted by Gasteiger charge is 2.41. The maximum absolute atomic E-state index is 12.8. The van der Waals surface area contributed by atoms with E-state index in [1.165, 1.54) is 23.1 Å². The number of likely N-dealkylation sites (tertiary alicyclic amines) is 1. The Kier molecular flexibility index (Phi) is 8.60. The molecule has 8 heteroatoms. The van der Waals surface area contributed by atoms with Gasteiger partial charge in [-0.2, -0.15) is 0 Å². The summed E-state index contributed by atoms with van der Waals surface area (Å²) in [5.41, 5.74) is 8.04. The number of hydrogen-bond donors (Lipinski definition) is 2. The van der Waals surface area contributed by atoms with E-state index in [0.29, 0.717) is 26.1 Å². The molecule has 2 atom stereocenters. The minimum atomic E-state index is -0.512. The molecule has 0 aliphatic carbocycles. The van der Waals surface area contributed by atoms with Crippen LogP contribution in [0.3, 0.4) is 0 Å². The van der Waals surface area contributed by atoms with Gasteiger partial charge in [0, 0.05) is 50.8 Å². The Labute approximate surface area is 188 Å². The Morgan fingerprint density at radius 1 is 1.26 bits per heavy atom. The second kappa shape index (κ2) is 11.4. The number of nitrogens with zero attached hydrogens (tertiary/aromatic N) is 2. The molecular formula is C23H32N4O3S. The van der Waals surface area contributed by atoms with E-state index in [4.69, 9.17) is 10.5 Å². The van der Waals surface area contributed by atoms with Crippen molar-refractivity contribution in [2.75, 3.05) is 33.4 Å². The van der Waals surface area contributed by atoms with Crippen molar-refractivity contribution in [3.05, 3.63) is 57.8 Å². The fraction of sp³-hybridized carbons (Fsp3) is 0.478. The van der Waals surface area contributed by atoms with Gasteiger partial charge in [-0.25, -0.2) is 0 Å². The van der Waals surface area contributed by atoms with Crippen molar-refractivity contribution in [3.8, 4) is 0 Å². The van der Waals surface area contributed by atoms with Crippen molar-refractivity contribution >= 4 is 23.2 Å². The van der Waals surface area contributed by atoms with Gasteiger partial charge in [-0.05, 0) is 35.9 Å². The molecule has 2 amide bonds. The molecule has 168 valence electrons. The molecule has 31 heavy (non-hydrogen) atoms. The first kappa shape index (κ1) is 23.4. The van der Waals surface area contributed by atoms with Gasteiger partial charge in [-0.15, -0.1) is 11.3 Å². The molecule has 2 aromatic rings. The number of nitrogens with two attached hydrogens (primary N) is 1. The Morgan fingerprint density at radius 2 is 2.06 bits per heavy atom. The summed E-state index contributed by atoms with van der Waals surface area (Å²) in [4.78, 5) is 30.8. The normalized spacial score (nSPS) is 18.5. The fourth-order valence-electron chi connectivity index (χ4n) is 4.05. The SMILES string of the molecule is COCC(=O)N1CC(N(Cc2cccs2)Cc2ccccc2C)CC1C(=O)NCCN. The molecule has 0 radical (unpaired) electrons. The Bertz CT molecular complexity index is 858. The Morgan fingerprint density at radius 3 is 2.74 bits per heavy atom. The van der Waals surface area contributed by atoms with E-state index in [1.54, 1.807) is 16.2 Å². The maximum Gasteiger partial charge on any atom is 0.249 e. The molecule has 0 bridgehead atoms. The van der Waals surface area contributed by atoms with Gasteiger partial charge in [0.1, 0.15) is 12.6 Å². The van der Waals surface area contributed by atoms with Crippen molar-refractivity contribution in [1.29, 1.82) is 0 Å². The van der Waals surface area contributed by atoms with Crippen LogP contribution in [0.2, 0.25) is 0 Å². The summed E-state index contributed by atoms with van der Waals surface area (Å²) in [6, 6.07) is 12.1. The molecule has 1 aliphatic heterocycles. The van der Waals surface area contributed by atoms with Crippen LogP contribution < -0.4 is 11.1 Å². The number of amides is 2. The van der Waals surface area contributed by atoms with Crippen LogP contribution >= 0.6 is 11.3 Å². The Hall–Kier alpha value is -2.26. The van der Waals surface area contributed by atoms with Crippen molar-refractivity contribution in [2.24, 2.45) is 5.73 Å². The lowest BCUT2D eigenvalue weighted by molar-refractivity contribution is -0.141. The summed E-state index contributed by atoms with van der Waals surface area (Å²) in [6.45, 7) is 4.89. The van der Waals surface area contributed by atoms with E-state index in [1.807, 2.05) is 6.07 Å². The zero-order valence-corrected chi connectivity index (χ0v) is 19.1. The monoisotopic (exact) mass is 444 g/mol. The number of aryl methyl sites for hydroxylation is 1. The first-order chi connectivity index (χ1) is 15.0. The summed E-state index contributed by atoms with van der Waals surface area (Å²) in [5, 5.41) is 4.93. The molecule has 7 nitrogen and oxygen atoms in total. The van der Waals surface area contributed by atoms with Crippen LogP contribution in [0, 0.1) is 6.92 Å². The molecule has 3 rings (SSSR count). The number of nitrogens with one attached hydrogen (secondary N) is 1. The van der Waals surface area contributed by atoms with Gasteiger partial charge in [0.2, 0.25) is 11.8 Å². The topological polar surface area (TPSA) is 87.9 Å². The predicted octanol–water partition coefficient (Wildman–Crippen LogP) is 1.75. The molecule has 2 heterocycles. The van der Waals surface area contributed by atoms with E-state index >= 15 is 0 Å². The van der Waals surface area contributed by atoms with E-state index in [2.05, 4.69) is 52.9 Å². The fourth-order valence-corrected chi connectivity index (χ4v) is 4.77. The molecule has 3 N–H and O–H groups in total. The van der Waals surface area contributed by atoms with Gasteiger partial charge in [0.05, 0.1) is 0 Å². The van der Waals surface area contributed by atoms with Crippen LogP contribution in [0.5, 0.6) is 0 Å². The van der Waals surface area contributed by atoms with Gasteiger partial charge < -0.3 is 20.7 Å². The van der Waals surface area contributed by atoms with Gasteiger partial charge in [0.15, 0.2) is 0 Å². The molecule has 1 fully saturated rings. The minimum absolute atomic E-state index is 0.0316. The number of thiophene rings is 1. The highest BCUT2D eigenvalue weighted by molar-refractivity contribution is 7.09. The molecular weight excluding hydrogens is 412 g/mol. The zero-order valence-electron chi connectivity index (χ0n) is 18.3. The Balaban J connectivity index is 1.83. The molecule has 0 spiro atoms. The standard InChI is InChI=1S/C23H32N4O3S/c1-17-6-3-4-7-18(17)13-26(15-20-8-5-11-31-20)19-12-21(23(29)25-10-9-24)27(14-19)22(28)16-30-2/h3-8,11,19,21H,9-10,12-16,24H2,1-2H3,(H,25,29). The summed E-state index contributed by atoms with van der Waals surface area (Å²) < 4.78 is 5.06. The number of benzene rings is 1. The van der Waals surface area contributed by atoms with Gasteiger partial charge in [-0.3, -0.25) is 14.5 Å². The van der Waals surface area contributed by atoms with Crippen LogP contribution in [0.25, 0.3) is 0 Å². The summed E-state index contributed by atoms with van der Waals surface area (Å²) in [6.07, 6.45) is 0.586. The van der Waals surface area contributed by atoms with Crippen LogP contribution in [-0.4, -0.2) is 67.0 Å². The van der Waals surface area contributed by atoms with Gasteiger partial charge >= 0.3 is 0 Å². The second-order valence-electron chi connectivity index (χ2n) is 7.87. The molecule has 1 saturated heterocycles. The number of rotatable bonds is 10. The van der Waals surface area contributed by atoms with E-state index in [9.17, 15) is 9.59 Å². The zero-order chi connectivity index (χ0) is 22.2. The smallest absolute Gasteiger partial charge is 0.249 e. The number of methoxy groups -OCH3 is 1. The predicted molar refractivity (Wildman–Crippen MR) is 123 cm³/mol. The lowest BCUT2D eigenvalue weighted by Gasteiger charge is -2.29. The van der Waals surface area contributed by atoms with Crippen LogP contribution in [0.4, 0.5) is 0 Å². The number of hydrogen-bond acceptors (Lipinski definition) is 6. The molecule has 0 saturated carbocycles. The average Bonchev–Trinajstić information content (AvgIpc) is 3.43. The number of carbonyl (C=O) groups is 2.